The van der Waals surface area contributed by atoms with Gasteiger partial charge < -0.3 is 19.1 Å². The molecule has 0 aliphatic carbocycles. The van der Waals surface area contributed by atoms with Gasteiger partial charge in [0.25, 0.3) is 5.91 Å². The monoisotopic (exact) mass is 375 g/mol. The smallest absolute Gasteiger partial charge is 0.331 e. The van der Waals surface area contributed by atoms with Gasteiger partial charge in [-0.3, -0.25) is 4.79 Å². The first-order chi connectivity index (χ1) is 13.0. The molecule has 0 radical (unpaired) electrons. The van der Waals surface area contributed by atoms with Gasteiger partial charge in [0.2, 0.25) is 0 Å². The third kappa shape index (κ3) is 5.74. The van der Waals surface area contributed by atoms with E-state index in [0.717, 1.165) is 24.8 Å². The fourth-order valence-corrected chi connectivity index (χ4v) is 3.40. The fourth-order valence-electron chi connectivity index (χ4n) is 3.40. The largest absolute Gasteiger partial charge is 0.493 e. The molecule has 2 rings (SSSR count). The molecule has 1 aromatic carbocycles. The van der Waals surface area contributed by atoms with Crippen molar-refractivity contribution in [2.45, 2.75) is 52.1 Å². The molecule has 6 nitrogen and oxygen atoms in total. The predicted molar refractivity (Wildman–Crippen MR) is 104 cm³/mol. The molecular weight excluding hydrogens is 346 g/mol. The van der Waals surface area contributed by atoms with Crippen molar-refractivity contribution < 1.29 is 23.8 Å². The van der Waals surface area contributed by atoms with Gasteiger partial charge in [-0.1, -0.05) is 6.07 Å². The van der Waals surface area contributed by atoms with E-state index in [2.05, 4.69) is 0 Å². The molecule has 6 heteroatoms. The standard InChI is InChI=1S/C21H29NO5/c1-5-26-18-11-9-17(13-19(18)25-4)10-12-21(24)27-14-20(23)22-15(2)7-6-8-16(22)3/h9-13,15-16H,5-8,14H2,1-4H3/b12-10+/t15-,16-/m0/s1. The minimum absolute atomic E-state index is 0.140. The molecule has 0 N–H and O–H groups in total. The van der Waals surface area contributed by atoms with Crippen molar-refractivity contribution in [2.24, 2.45) is 0 Å². The quantitative estimate of drug-likeness (QED) is 0.540. The Morgan fingerprint density at radius 3 is 2.52 bits per heavy atom. The lowest BCUT2D eigenvalue weighted by Crippen LogP contribution is -2.49. The van der Waals surface area contributed by atoms with E-state index < -0.39 is 5.97 Å². The predicted octanol–water partition coefficient (Wildman–Crippen LogP) is 3.44. The summed E-state index contributed by atoms with van der Waals surface area (Å²) < 4.78 is 15.9. The summed E-state index contributed by atoms with van der Waals surface area (Å²) in [5.41, 5.74) is 0.775. The Morgan fingerprint density at radius 1 is 1.19 bits per heavy atom. The molecule has 1 saturated heterocycles. The molecule has 1 aliphatic heterocycles. The van der Waals surface area contributed by atoms with Gasteiger partial charge in [-0.15, -0.1) is 0 Å². The van der Waals surface area contributed by atoms with Crippen molar-refractivity contribution in [3.05, 3.63) is 29.8 Å². The van der Waals surface area contributed by atoms with Gasteiger partial charge in [0.1, 0.15) is 0 Å². The van der Waals surface area contributed by atoms with Crippen molar-refractivity contribution >= 4 is 18.0 Å². The zero-order valence-electron chi connectivity index (χ0n) is 16.6. The lowest BCUT2D eigenvalue weighted by Gasteiger charge is -2.38. The first-order valence-corrected chi connectivity index (χ1v) is 9.43. The van der Waals surface area contributed by atoms with E-state index in [4.69, 9.17) is 14.2 Å². The molecule has 0 spiro atoms. The highest BCUT2D eigenvalue weighted by atomic mass is 16.5. The highest BCUT2D eigenvalue weighted by molar-refractivity contribution is 5.89. The van der Waals surface area contributed by atoms with Gasteiger partial charge in [0.15, 0.2) is 18.1 Å². The summed E-state index contributed by atoms with van der Waals surface area (Å²) >= 11 is 0. The maximum atomic E-state index is 12.4. The summed E-state index contributed by atoms with van der Waals surface area (Å²) in [6.07, 6.45) is 6.04. The highest BCUT2D eigenvalue weighted by Gasteiger charge is 2.29. The number of nitrogens with zero attached hydrogens (tertiary/aromatic N) is 1. The summed E-state index contributed by atoms with van der Waals surface area (Å²) in [6.45, 7) is 6.28. The molecule has 1 fully saturated rings. The molecule has 148 valence electrons. The van der Waals surface area contributed by atoms with Crippen LogP contribution in [0, 0.1) is 0 Å². The van der Waals surface area contributed by atoms with Crippen molar-refractivity contribution in [1.29, 1.82) is 0 Å². The van der Waals surface area contributed by atoms with Crippen LogP contribution in [0.1, 0.15) is 45.6 Å². The van der Waals surface area contributed by atoms with Crippen LogP contribution in [0.15, 0.2) is 24.3 Å². The number of hydrogen-bond donors (Lipinski definition) is 0. The molecule has 0 aromatic heterocycles. The van der Waals surface area contributed by atoms with Crippen LogP contribution in [0.4, 0.5) is 0 Å². The van der Waals surface area contributed by atoms with Crippen molar-refractivity contribution in [3.63, 3.8) is 0 Å². The number of benzene rings is 1. The van der Waals surface area contributed by atoms with Crippen molar-refractivity contribution in [1.82, 2.24) is 4.90 Å². The molecule has 1 aromatic rings. The van der Waals surface area contributed by atoms with Gasteiger partial charge in [-0.05, 0) is 63.8 Å². The summed E-state index contributed by atoms with van der Waals surface area (Å²) in [6, 6.07) is 5.76. The molecule has 0 unspecified atom stereocenters. The Kier molecular flexibility index (Phi) is 7.70. The second kappa shape index (κ2) is 10.00. The van der Waals surface area contributed by atoms with Crippen LogP contribution in [0.25, 0.3) is 6.08 Å². The lowest BCUT2D eigenvalue weighted by atomic mass is 9.97. The Bertz CT molecular complexity index is 675. The minimum atomic E-state index is -0.548. The van der Waals surface area contributed by atoms with E-state index in [9.17, 15) is 9.59 Å². The van der Waals surface area contributed by atoms with Crippen LogP contribution < -0.4 is 9.47 Å². The maximum Gasteiger partial charge on any atom is 0.331 e. The van der Waals surface area contributed by atoms with Gasteiger partial charge >= 0.3 is 5.97 Å². The number of methoxy groups -OCH3 is 1. The number of ether oxygens (including phenoxy) is 3. The van der Waals surface area contributed by atoms with E-state index in [0.29, 0.717) is 18.1 Å². The van der Waals surface area contributed by atoms with E-state index in [-0.39, 0.29) is 24.6 Å². The number of hydrogen-bond acceptors (Lipinski definition) is 5. The number of carbonyl (C=O) groups is 2. The SMILES string of the molecule is CCOc1ccc(/C=C/C(=O)OCC(=O)N2[C@@H](C)CCC[C@@H]2C)cc1OC. The minimum Gasteiger partial charge on any atom is -0.493 e. The van der Waals surface area contributed by atoms with Crippen LogP contribution in [0.2, 0.25) is 0 Å². The molecule has 27 heavy (non-hydrogen) atoms. The number of rotatable bonds is 7. The molecule has 2 atom stereocenters. The highest BCUT2D eigenvalue weighted by Crippen LogP contribution is 2.28. The van der Waals surface area contributed by atoms with Crippen LogP contribution >= 0.6 is 0 Å². The summed E-state index contributed by atoms with van der Waals surface area (Å²) in [4.78, 5) is 26.2. The Morgan fingerprint density at radius 2 is 1.89 bits per heavy atom. The third-order valence-corrected chi connectivity index (χ3v) is 4.72. The van der Waals surface area contributed by atoms with Crippen molar-refractivity contribution in [3.8, 4) is 11.5 Å². The average molecular weight is 375 g/mol. The van der Waals surface area contributed by atoms with Gasteiger partial charge in [-0.2, -0.15) is 0 Å². The van der Waals surface area contributed by atoms with Crippen LogP contribution in [0.3, 0.4) is 0 Å². The summed E-state index contributed by atoms with van der Waals surface area (Å²) in [5.74, 6) is 0.554. The Labute approximate surface area is 161 Å². The number of amides is 1. The fraction of sp³-hybridized carbons (Fsp3) is 0.524. The number of carbonyl (C=O) groups excluding carboxylic acids is 2. The third-order valence-electron chi connectivity index (χ3n) is 4.72. The van der Waals surface area contributed by atoms with Gasteiger partial charge in [-0.25, -0.2) is 4.79 Å². The first kappa shape index (κ1) is 20.8. The van der Waals surface area contributed by atoms with E-state index in [1.165, 1.54) is 6.08 Å². The van der Waals surface area contributed by atoms with Gasteiger partial charge in [0, 0.05) is 18.2 Å². The van der Waals surface area contributed by atoms with Crippen LogP contribution in [-0.2, 0) is 14.3 Å². The van der Waals surface area contributed by atoms with E-state index >= 15 is 0 Å². The molecule has 0 saturated carbocycles. The normalized spacial score (nSPS) is 19.8. The van der Waals surface area contributed by atoms with Crippen molar-refractivity contribution in [2.75, 3.05) is 20.3 Å². The van der Waals surface area contributed by atoms with Gasteiger partial charge in [0.05, 0.1) is 13.7 Å². The first-order valence-electron chi connectivity index (χ1n) is 9.43. The second-order valence-corrected chi connectivity index (χ2v) is 6.71. The van der Waals surface area contributed by atoms with Crippen LogP contribution in [0.5, 0.6) is 11.5 Å². The topological polar surface area (TPSA) is 65.1 Å². The maximum absolute atomic E-state index is 12.4. The molecule has 1 heterocycles. The molecule has 0 bridgehead atoms. The summed E-state index contributed by atoms with van der Waals surface area (Å²) in [7, 11) is 1.56. The average Bonchev–Trinajstić information content (AvgIpc) is 2.65. The molecule has 1 aliphatic rings. The molecule has 1 amide bonds. The molecular formula is C21H29NO5. The number of likely N-dealkylation sites (tertiary alicyclic amines) is 1. The summed E-state index contributed by atoms with van der Waals surface area (Å²) in [5, 5.41) is 0. The second-order valence-electron chi connectivity index (χ2n) is 6.71. The Balaban J connectivity index is 1.90. The zero-order chi connectivity index (χ0) is 19.8. The van der Waals surface area contributed by atoms with E-state index in [1.54, 1.807) is 25.3 Å². The Hall–Kier alpha value is -2.50. The number of piperidine rings is 1. The zero-order valence-corrected chi connectivity index (χ0v) is 16.6. The van der Waals surface area contributed by atoms with Crippen LogP contribution in [-0.4, -0.2) is 49.2 Å². The lowest BCUT2D eigenvalue weighted by molar-refractivity contribution is -0.151. The number of esters is 1. The van der Waals surface area contributed by atoms with E-state index in [1.807, 2.05) is 31.7 Å².